The maximum absolute atomic E-state index is 12.5. The summed E-state index contributed by atoms with van der Waals surface area (Å²) in [5, 5.41) is 8.94. The third kappa shape index (κ3) is 3.52. The number of benzene rings is 1. The average molecular weight is 294 g/mol. The highest BCUT2D eigenvalue weighted by atomic mass is 32.2. The summed E-state index contributed by atoms with van der Waals surface area (Å²) in [5.41, 5.74) is 6.77. The molecule has 1 aliphatic heterocycles. The van der Waals surface area contributed by atoms with Gasteiger partial charge in [-0.3, -0.25) is 9.59 Å². The number of nitrogens with two attached hydrogens (primary N) is 1. The predicted molar refractivity (Wildman–Crippen MR) is 78.4 cm³/mol. The second-order valence-electron chi connectivity index (χ2n) is 4.75. The zero-order valence-corrected chi connectivity index (χ0v) is 11.9. The van der Waals surface area contributed by atoms with Crippen molar-refractivity contribution in [3.63, 3.8) is 0 Å². The van der Waals surface area contributed by atoms with E-state index < -0.39 is 12.0 Å². The SMILES string of the molecule is N[C@H](C(=O)N1CCSCC1CC(=O)O)c1ccccc1. The van der Waals surface area contributed by atoms with Crippen LogP contribution in [0.15, 0.2) is 30.3 Å². The number of carboxylic acid groups (broad SMARTS) is 1. The van der Waals surface area contributed by atoms with Gasteiger partial charge in [-0.25, -0.2) is 0 Å². The van der Waals surface area contributed by atoms with Crippen molar-refractivity contribution in [2.75, 3.05) is 18.1 Å². The molecule has 1 aliphatic rings. The summed E-state index contributed by atoms with van der Waals surface area (Å²) >= 11 is 1.68. The summed E-state index contributed by atoms with van der Waals surface area (Å²) in [6, 6.07) is 8.17. The van der Waals surface area contributed by atoms with E-state index in [2.05, 4.69) is 0 Å². The van der Waals surface area contributed by atoms with E-state index in [1.807, 2.05) is 30.3 Å². The first-order valence-electron chi connectivity index (χ1n) is 6.50. The van der Waals surface area contributed by atoms with E-state index in [-0.39, 0.29) is 18.4 Å². The number of rotatable bonds is 4. The van der Waals surface area contributed by atoms with Crippen LogP contribution in [0.1, 0.15) is 18.0 Å². The maximum Gasteiger partial charge on any atom is 0.305 e. The van der Waals surface area contributed by atoms with Crippen LogP contribution in [0.2, 0.25) is 0 Å². The van der Waals surface area contributed by atoms with E-state index in [9.17, 15) is 9.59 Å². The number of carboxylic acids is 1. The lowest BCUT2D eigenvalue weighted by atomic mass is 10.0. The van der Waals surface area contributed by atoms with Gasteiger partial charge in [0, 0.05) is 18.1 Å². The molecule has 1 heterocycles. The molecule has 1 aromatic carbocycles. The number of aliphatic carboxylic acids is 1. The highest BCUT2D eigenvalue weighted by molar-refractivity contribution is 7.99. The fraction of sp³-hybridized carbons (Fsp3) is 0.429. The van der Waals surface area contributed by atoms with Crippen LogP contribution in [0.25, 0.3) is 0 Å². The quantitative estimate of drug-likeness (QED) is 0.869. The van der Waals surface area contributed by atoms with Gasteiger partial charge in [0.15, 0.2) is 0 Å². The van der Waals surface area contributed by atoms with Crippen LogP contribution in [0, 0.1) is 0 Å². The first-order chi connectivity index (χ1) is 9.59. The summed E-state index contributed by atoms with van der Waals surface area (Å²) in [4.78, 5) is 25.0. The Morgan fingerprint density at radius 3 is 2.75 bits per heavy atom. The lowest BCUT2D eigenvalue weighted by Gasteiger charge is -2.36. The van der Waals surface area contributed by atoms with E-state index in [0.29, 0.717) is 12.3 Å². The van der Waals surface area contributed by atoms with Crippen molar-refractivity contribution in [2.45, 2.75) is 18.5 Å². The molecule has 1 unspecified atom stereocenters. The van der Waals surface area contributed by atoms with Gasteiger partial charge in [0.1, 0.15) is 6.04 Å². The van der Waals surface area contributed by atoms with Gasteiger partial charge in [0.25, 0.3) is 0 Å². The molecule has 20 heavy (non-hydrogen) atoms. The second kappa shape index (κ2) is 6.76. The zero-order chi connectivity index (χ0) is 14.5. The van der Waals surface area contributed by atoms with Gasteiger partial charge in [-0.1, -0.05) is 30.3 Å². The molecule has 0 bridgehead atoms. The van der Waals surface area contributed by atoms with Crippen molar-refractivity contribution in [1.29, 1.82) is 0 Å². The largest absolute Gasteiger partial charge is 0.481 e. The number of hydrogen-bond acceptors (Lipinski definition) is 4. The average Bonchev–Trinajstić information content (AvgIpc) is 2.46. The third-order valence-corrected chi connectivity index (χ3v) is 4.44. The molecule has 6 heteroatoms. The van der Waals surface area contributed by atoms with Gasteiger partial charge in [-0.2, -0.15) is 11.8 Å². The van der Waals surface area contributed by atoms with Crippen molar-refractivity contribution in [2.24, 2.45) is 5.73 Å². The normalized spacial score (nSPS) is 20.4. The minimum atomic E-state index is -0.886. The molecule has 0 spiro atoms. The first kappa shape index (κ1) is 14.9. The van der Waals surface area contributed by atoms with Gasteiger partial charge in [0.05, 0.1) is 12.5 Å². The van der Waals surface area contributed by atoms with E-state index in [4.69, 9.17) is 10.8 Å². The molecule has 1 fully saturated rings. The first-order valence-corrected chi connectivity index (χ1v) is 7.65. The Labute approximate surface area is 122 Å². The van der Waals surface area contributed by atoms with Gasteiger partial charge < -0.3 is 15.7 Å². The Morgan fingerprint density at radius 2 is 2.10 bits per heavy atom. The fourth-order valence-corrected chi connectivity index (χ4v) is 3.36. The van der Waals surface area contributed by atoms with Crippen LogP contribution in [-0.2, 0) is 9.59 Å². The number of amides is 1. The van der Waals surface area contributed by atoms with Crippen LogP contribution in [0.5, 0.6) is 0 Å². The number of carbonyl (C=O) groups excluding carboxylic acids is 1. The van der Waals surface area contributed by atoms with Crippen LogP contribution < -0.4 is 5.73 Å². The topological polar surface area (TPSA) is 83.6 Å². The Hall–Kier alpha value is -1.53. The molecule has 0 saturated carbocycles. The number of carbonyl (C=O) groups is 2. The highest BCUT2D eigenvalue weighted by Gasteiger charge is 2.32. The summed E-state index contributed by atoms with van der Waals surface area (Å²) in [6.45, 7) is 0.558. The summed E-state index contributed by atoms with van der Waals surface area (Å²) < 4.78 is 0. The van der Waals surface area contributed by atoms with E-state index >= 15 is 0 Å². The molecule has 2 rings (SSSR count). The van der Waals surface area contributed by atoms with Crippen LogP contribution in [-0.4, -0.2) is 46.0 Å². The predicted octanol–water partition coefficient (Wildman–Crippen LogP) is 1.11. The van der Waals surface area contributed by atoms with Gasteiger partial charge in [0.2, 0.25) is 5.91 Å². The minimum absolute atomic E-state index is 0.0275. The fourth-order valence-electron chi connectivity index (χ4n) is 2.30. The number of thioether (sulfide) groups is 1. The minimum Gasteiger partial charge on any atom is -0.481 e. The molecule has 2 atom stereocenters. The standard InChI is InChI=1S/C14H18N2O3S/c15-13(10-4-2-1-3-5-10)14(19)16-6-7-20-9-11(16)8-12(17)18/h1-5,11,13H,6-9,15H2,(H,17,18)/t11?,13-/m0/s1. The molecular weight excluding hydrogens is 276 g/mol. The molecule has 1 saturated heterocycles. The highest BCUT2D eigenvalue weighted by Crippen LogP contribution is 2.23. The Morgan fingerprint density at radius 1 is 1.40 bits per heavy atom. The molecule has 108 valence electrons. The maximum atomic E-state index is 12.5. The summed E-state index contributed by atoms with van der Waals surface area (Å²) in [6.07, 6.45) is -0.0275. The van der Waals surface area contributed by atoms with Gasteiger partial charge in [-0.15, -0.1) is 0 Å². The Kier molecular flexibility index (Phi) is 5.03. The molecular formula is C14H18N2O3S. The van der Waals surface area contributed by atoms with Gasteiger partial charge in [-0.05, 0) is 5.56 Å². The Bertz CT molecular complexity index is 481. The van der Waals surface area contributed by atoms with Crippen LogP contribution in [0.3, 0.4) is 0 Å². The van der Waals surface area contributed by atoms with E-state index in [0.717, 1.165) is 11.3 Å². The van der Waals surface area contributed by atoms with Crippen molar-refractivity contribution in [3.8, 4) is 0 Å². The lowest BCUT2D eigenvalue weighted by molar-refractivity contribution is -0.140. The van der Waals surface area contributed by atoms with Gasteiger partial charge >= 0.3 is 5.97 Å². The smallest absolute Gasteiger partial charge is 0.305 e. The monoisotopic (exact) mass is 294 g/mol. The lowest BCUT2D eigenvalue weighted by Crippen LogP contribution is -2.50. The summed E-state index contributed by atoms with van der Waals surface area (Å²) in [7, 11) is 0. The van der Waals surface area contributed by atoms with Crippen molar-refractivity contribution < 1.29 is 14.7 Å². The van der Waals surface area contributed by atoms with Crippen LogP contribution >= 0.6 is 11.8 Å². The Balaban J connectivity index is 2.11. The van der Waals surface area contributed by atoms with Crippen molar-refractivity contribution in [3.05, 3.63) is 35.9 Å². The van der Waals surface area contributed by atoms with Crippen molar-refractivity contribution in [1.82, 2.24) is 4.90 Å². The third-order valence-electron chi connectivity index (χ3n) is 3.35. The molecule has 0 aromatic heterocycles. The summed E-state index contributed by atoms with van der Waals surface area (Å²) in [5.74, 6) is 0.398. The second-order valence-corrected chi connectivity index (χ2v) is 5.90. The molecule has 0 radical (unpaired) electrons. The molecule has 0 aliphatic carbocycles. The number of nitrogens with zero attached hydrogens (tertiary/aromatic N) is 1. The molecule has 1 aromatic rings. The van der Waals surface area contributed by atoms with Crippen molar-refractivity contribution >= 4 is 23.6 Å². The van der Waals surface area contributed by atoms with E-state index in [1.165, 1.54) is 0 Å². The number of hydrogen-bond donors (Lipinski definition) is 2. The zero-order valence-electron chi connectivity index (χ0n) is 11.1. The molecule has 5 nitrogen and oxygen atoms in total. The van der Waals surface area contributed by atoms with E-state index in [1.54, 1.807) is 16.7 Å². The molecule has 3 N–H and O–H groups in total. The van der Waals surface area contributed by atoms with Crippen LogP contribution in [0.4, 0.5) is 0 Å². The molecule has 1 amide bonds.